The molecular weight excluding hydrogens is 290 g/mol. The monoisotopic (exact) mass is 319 g/mol. The van der Waals surface area contributed by atoms with Gasteiger partial charge in [-0.2, -0.15) is 0 Å². The van der Waals surface area contributed by atoms with Crippen LogP contribution in [-0.4, -0.2) is 37.9 Å². The highest BCUT2D eigenvalue weighted by atomic mass is 16.5. The Labute approximate surface area is 139 Å². The van der Waals surface area contributed by atoms with E-state index in [0.29, 0.717) is 12.5 Å². The Kier molecular flexibility index (Phi) is 5.63. The lowest BCUT2D eigenvalue weighted by Crippen LogP contribution is -2.40. The molecule has 5 nitrogen and oxygen atoms in total. The van der Waals surface area contributed by atoms with E-state index in [2.05, 4.69) is 29.3 Å². The molecule has 0 spiro atoms. The van der Waals surface area contributed by atoms with E-state index in [-0.39, 0.29) is 11.4 Å². The van der Waals surface area contributed by atoms with Crippen molar-refractivity contribution in [1.29, 1.82) is 0 Å². The molecule has 1 aliphatic heterocycles. The topological polar surface area (TPSA) is 62.7 Å². The van der Waals surface area contributed by atoms with E-state index in [9.17, 15) is 4.79 Å². The van der Waals surface area contributed by atoms with Crippen LogP contribution >= 0.6 is 0 Å². The molecule has 128 valence electrons. The van der Waals surface area contributed by atoms with Gasteiger partial charge in [0.15, 0.2) is 0 Å². The molecule has 1 aliphatic carbocycles. The summed E-state index contributed by atoms with van der Waals surface area (Å²) in [7, 11) is 0. The van der Waals surface area contributed by atoms with Crippen molar-refractivity contribution in [2.45, 2.75) is 52.5 Å². The zero-order chi connectivity index (χ0) is 17.0. The standard InChI is InChI=1S/C18H29N3O2/c1-6-14(16(19-5)21-18(4)7-8-18)15(12(2)3)17(22)20-9-13-10-23-11-13/h13,21H,5-11H2,1-4H3,(H,20,22)/b16-14-. The maximum Gasteiger partial charge on any atom is 0.251 e. The predicted octanol–water partition coefficient (Wildman–Crippen LogP) is 2.55. The number of rotatable bonds is 8. The Morgan fingerprint density at radius 1 is 1.35 bits per heavy atom. The molecule has 23 heavy (non-hydrogen) atoms. The van der Waals surface area contributed by atoms with Gasteiger partial charge >= 0.3 is 0 Å². The van der Waals surface area contributed by atoms with Crippen molar-refractivity contribution in [3.05, 3.63) is 22.5 Å². The van der Waals surface area contributed by atoms with E-state index in [1.165, 1.54) is 0 Å². The van der Waals surface area contributed by atoms with Gasteiger partial charge in [-0.3, -0.25) is 4.79 Å². The molecule has 0 unspecified atom stereocenters. The van der Waals surface area contributed by atoms with Crippen molar-refractivity contribution in [3.63, 3.8) is 0 Å². The molecule has 1 heterocycles. The smallest absolute Gasteiger partial charge is 0.251 e. The normalized spacial score (nSPS) is 20.0. The number of aliphatic imine (C=N–C) groups is 1. The van der Waals surface area contributed by atoms with Gasteiger partial charge in [0, 0.05) is 29.1 Å². The van der Waals surface area contributed by atoms with Crippen LogP contribution in [0.4, 0.5) is 0 Å². The lowest BCUT2D eigenvalue weighted by Gasteiger charge is -2.26. The Morgan fingerprint density at radius 2 is 2.00 bits per heavy atom. The van der Waals surface area contributed by atoms with E-state index in [1.807, 2.05) is 20.8 Å². The first-order valence-electron chi connectivity index (χ1n) is 8.42. The van der Waals surface area contributed by atoms with Gasteiger partial charge in [0.05, 0.1) is 13.2 Å². The van der Waals surface area contributed by atoms with Gasteiger partial charge in [0.25, 0.3) is 5.91 Å². The minimum Gasteiger partial charge on any atom is -0.381 e. The SMILES string of the molecule is C=N/C(NC1(C)CC1)=C(\CC)C(C(=O)NCC1COC1)=C(C)C. The molecule has 0 aromatic rings. The van der Waals surface area contributed by atoms with Gasteiger partial charge < -0.3 is 15.4 Å². The van der Waals surface area contributed by atoms with Gasteiger partial charge in [-0.25, -0.2) is 4.99 Å². The van der Waals surface area contributed by atoms with E-state index in [1.54, 1.807) is 0 Å². The number of nitrogens with one attached hydrogen (secondary N) is 2. The molecule has 1 saturated carbocycles. The van der Waals surface area contributed by atoms with Crippen LogP contribution in [0.25, 0.3) is 0 Å². The number of hydrogen-bond acceptors (Lipinski definition) is 4. The first kappa shape index (κ1) is 17.7. The van der Waals surface area contributed by atoms with Crippen LogP contribution in [0.2, 0.25) is 0 Å². The highest BCUT2D eigenvalue weighted by molar-refractivity contribution is 5.98. The van der Waals surface area contributed by atoms with E-state index >= 15 is 0 Å². The average Bonchev–Trinajstić information content (AvgIpc) is 3.17. The molecule has 2 aliphatic rings. The summed E-state index contributed by atoms with van der Waals surface area (Å²) in [5.74, 6) is 1.15. The molecule has 2 fully saturated rings. The van der Waals surface area contributed by atoms with Crippen molar-refractivity contribution in [3.8, 4) is 0 Å². The maximum absolute atomic E-state index is 12.7. The molecule has 0 aromatic heterocycles. The van der Waals surface area contributed by atoms with Crippen molar-refractivity contribution < 1.29 is 9.53 Å². The summed E-state index contributed by atoms with van der Waals surface area (Å²) in [6.45, 7) is 14.0. The fraction of sp³-hybridized carbons (Fsp3) is 0.667. The first-order valence-corrected chi connectivity index (χ1v) is 8.42. The minimum atomic E-state index is -0.0300. The van der Waals surface area contributed by atoms with Crippen LogP contribution in [0.15, 0.2) is 27.5 Å². The van der Waals surface area contributed by atoms with Crippen molar-refractivity contribution in [2.24, 2.45) is 10.9 Å². The van der Waals surface area contributed by atoms with Crippen LogP contribution < -0.4 is 10.6 Å². The lowest BCUT2D eigenvalue weighted by atomic mass is 9.97. The first-order chi connectivity index (χ1) is 10.9. The second-order valence-electron chi connectivity index (χ2n) is 7.01. The summed E-state index contributed by atoms with van der Waals surface area (Å²) in [5, 5.41) is 6.50. The highest BCUT2D eigenvalue weighted by Gasteiger charge is 2.38. The van der Waals surface area contributed by atoms with Gasteiger partial charge in [0.1, 0.15) is 5.82 Å². The molecule has 0 radical (unpaired) electrons. The zero-order valence-corrected chi connectivity index (χ0v) is 14.8. The summed E-state index contributed by atoms with van der Waals surface area (Å²) in [5.41, 5.74) is 2.76. The number of allylic oxidation sites excluding steroid dienone is 1. The number of carbonyl (C=O) groups is 1. The largest absolute Gasteiger partial charge is 0.381 e. The lowest BCUT2D eigenvalue weighted by molar-refractivity contribution is -0.118. The quantitative estimate of drug-likeness (QED) is 0.410. The average molecular weight is 319 g/mol. The van der Waals surface area contributed by atoms with Crippen molar-refractivity contribution >= 4 is 12.6 Å². The zero-order valence-electron chi connectivity index (χ0n) is 14.8. The predicted molar refractivity (Wildman–Crippen MR) is 93.3 cm³/mol. The maximum atomic E-state index is 12.7. The number of nitrogens with zero attached hydrogens (tertiary/aromatic N) is 1. The number of hydrogen-bond donors (Lipinski definition) is 2. The Hall–Kier alpha value is -1.62. The number of amides is 1. The minimum absolute atomic E-state index is 0.0300. The molecule has 5 heteroatoms. The summed E-state index contributed by atoms with van der Waals surface area (Å²) in [6.07, 6.45) is 2.99. The molecule has 1 amide bonds. The summed E-state index contributed by atoms with van der Waals surface area (Å²) < 4.78 is 5.16. The third kappa shape index (κ3) is 4.44. The molecule has 0 bridgehead atoms. The van der Waals surface area contributed by atoms with Crippen LogP contribution in [0, 0.1) is 5.92 Å². The van der Waals surface area contributed by atoms with Crippen LogP contribution in [-0.2, 0) is 9.53 Å². The van der Waals surface area contributed by atoms with Gasteiger partial charge in [-0.05, 0) is 46.8 Å². The highest BCUT2D eigenvalue weighted by Crippen LogP contribution is 2.36. The van der Waals surface area contributed by atoms with Crippen LogP contribution in [0.3, 0.4) is 0 Å². The summed E-state index contributed by atoms with van der Waals surface area (Å²) >= 11 is 0. The van der Waals surface area contributed by atoms with Crippen LogP contribution in [0.5, 0.6) is 0 Å². The van der Waals surface area contributed by atoms with Crippen molar-refractivity contribution in [1.82, 2.24) is 10.6 Å². The molecule has 2 rings (SSSR count). The third-order valence-corrected chi connectivity index (χ3v) is 4.50. The second-order valence-corrected chi connectivity index (χ2v) is 7.01. The summed E-state index contributed by atoms with van der Waals surface area (Å²) in [6, 6.07) is 0. The van der Waals surface area contributed by atoms with E-state index < -0.39 is 0 Å². The third-order valence-electron chi connectivity index (χ3n) is 4.50. The molecule has 0 atom stereocenters. The van der Waals surface area contributed by atoms with Crippen LogP contribution in [0.1, 0.15) is 47.0 Å². The Bertz CT molecular complexity index is 536. The van der Waals surface area contributed by atoms with E-state index in [4.69, 9.17) is 4.74 Å². The molecule has 1 saturated heterocycles. The number of carbonyl (C=O) groups excluding carboxylic acids is 1. The Morgan fingerprint density at radius 3 is 2.39 bits per heavy atom. The molecule has 0 aromatic carbocycles. The van der Waals surface area contributed by atoms with E-state index in [0.717, 1.165) is 55.0 Å². The van der Waals surface area contributed by atoms with Crippen molar-refractivity contribution in [2.75, 3.05) is 19.8 Å². The fourth-order valence-electron chi connectivity index (χ4n) is 2.67. The van der Waals surface area contributed by atoms with Gasteiger partial charge in [0.2, 0.25) is 0 Å². The Balaban J connectivity index is 2.19. The van der Waals surface area contributed by atoms with Gasteiger partial charge in [-0.1, -0.05) is 12.5 Å². The summed E-state index contributed by atoms with van der Waals surface area (Å²) in [4.78, 5) is 16.9. The molecular formula is C18H29N3O2. The fourth-order valence-corrected chi connectivity index (χ4v) is 2.67. The number of ether oxygens (including phenoxy) is 1. The van der Waals surface area contributed by atoms with Gasteiger partial charge in [-0.15, -0.1) is 0 Å². The molecule has 2 N–H and O–H groups in total. The second kappa shape index (κ2) is 7.30.